The molecule has 0 aliphatic heterocycles. The Morgan fingerprint density at radius 1 is 1.11 bits per heavy atom. The third-order valence-corrected chi connectivity index (χ3v) is 4.08. The van der Waals surface area contributed by atoms with E-state index in [1.165, 1.54) is 12.1 Å². The summed E-state index contributed by atoms with van der Waals surface area (Å²) < 4.78 is 79.1. The molecule has 0 amide bonds. The number of nitrogens with zero attached hydrogens (tertiary/aromatic N) is 3. The van der Waals surface area contributed by atoms with Gasteiger partial charge in [0, 0.05) is 11.8 Å². The van der Waals surface area contributed by atoms with Gasteiger partial charge in [0.15, 0.2) is 22.8 Å². The molecule has 3 N–H and O–H groups in total. The summed E-state index contributed by atoms with van der Waals surface area (Å²) in [6.07, 6.45) is -7.90. The fraction of sp³-hybridized carbons (Fsp3) is 0.250. The van der Waals surface area contributed by atoms with E-state index in [9.17, 15) is 31.4 Å². The lowest BCUT2D eigenvalue weighted by atomic mass is 9.93. The van der Waals surface area contributed by atoms with Crippen molar-refractivity contribution < 1.29 is 31.4 Å². The first-order valence-corrected chi connectivity index (χ1v) is 7.43. The van der Waals surface area contributed by atoms with E-state index in [2.05, 4.69) is 9.97 Å². The van der Waals surface area contributed by atoms with Gasteiger partial charge in [0.1, 0.15) is 0 Å². The summed E-state index contributed by atoms with van der Waals surface area (Å²) in [6, 6.07) is 4.72. The zero-order valence-electron chi connectivity index (χ0n) is 13.6. The summed E-state index contributed by atoms with van der Waals surface area (Å²) in [5.74, 6) is -0.477. The van der Waals surface area contributed by atoms with Gasteiger partial charge < -0.3 is 10.8 Å². The topological polar surface area (TPSA) is 76.4 Å². The van der Waals surface area contributed by atoms with E-state index in [0.29, 0.717) is 13.1 Å². The van der Waals surface area contributed by atoms with Crippen LogP contribution >= 0.6 is 0 Å². The van der Waals surface area contributed by atoms with Crippen molar-refractivity contribution in [3.63, 3.8) is 0 Å². The molecule has 144 valence electrons. The maximum absolute atomic E-state index is 13.1. The number of hydrogen-bond donors (Lipinski definition) is 2. The van der Waals surface area contributed by atoms with Crippen LogP contribution in [-0.4, -0.2) is 25.7 Å². The smallest absolute Gasteiger partial charge is 0.381 e. The van der Waals surface area contributed by atoms with Gasteiger partial charge in [-0.05, 0) is 18.6 Å². The first kappa shape index (κ1) is 19.0. The monoisotopic (exact) mass is 390 g/mol. The second-order valence-corrected chi connectivity index (χ2v) is 6.00. The highest BCUT2D eigenvalue weighted by Crippen LogP contribution is 2.39. The lowest BCUT2D eigenvalue weighted by Gasteiger charge is -2.27. The molecule has 0 aliphatic carbocycles. The number of fused-ring (bicyclic) bond motifs is 1. The average Bonchev–Trinajstić information content (AvgIpc) is 2.97. The first-order valence-electron chi connectivity index (χ1n) is 7.43. The number of rotatable bonds is 2. The van der Waals surface area contributed by atoms with E-state index in [0.717, 1.165) is 22.7 Å². The summed E-state index contributed by atoms with van der Waals surface area (Å²) in [5.41, 5.74) is 0.732. The van der Waals surface area contributed by atoms with Crippen molar-refractivity contribution in [1.29, 1.82) is 0 Å². The van der Waals surface area contributed by atoms with Crippen LogP contribution in [-0.2, 0) is 11.8 Å². The Labute approximate surface area is 148 Å². The zero-order chi connectivity index (χ0) is 20.2. The molecule has 11 heteroatoms. The molecule has 1 atom stereocenters. The van der Waals surface area contributed by atoms with Gasteiger partial charge in [-0.2, -0.15) is 26.3 Å². The van der Waals surface area contributed by atoms with Crippen LogP contribution < -0.4 is 5.73 Å². The van der Waals surface area contributed by atoms with Crippen LogP contribution in [0.15, 0.2) is 36.7 Å². The van der Waals surface area contributed by atoms with Gasteiger partial charge in [-0.3, -0.25) is 4.40 Å². The predicted molar refractivity (Wildman–Crippen MR) is 83.5 cm³/mol. The van der Waals surface area contributed by atoms with Crippen LogP contribution in [0.4, 0.5) is 32.2 Å². The van der Waals surface area contributed by atoms with E-state index in [4.69, 9.17) is 5.73 Å². The van der Waals surface area contributed by atoms with Gasteiger partial charge in [0.25, 0.3) is 0 Å². The Morgan fingerprint density at radius 3 is 2.37 bits per heavy atom. The van der Waals surface area contributed by atoms with Crippen LogP contribution in [0.3, 0.4) is 0 Å². The summed E-state index contributed by atoms with van der Waals surface area (Å²) in [6.45, 7) is 0.588. The number of benzene rings is 1. The van der Waals surface area contributed by atoms with Crippen molar-refractivity contribution in [2.75, 3.05) is 5.73 Å². The minimum absolute atomic E-state index is 0.0597. The maximum atomic E-state index is 13.1. The number of nitrogens with two attached hydrogens (primary N) is 1. The number of anilines is 1. The molecule has 0 radical (unpaired) electrons. The number of nitrogen functional groups attached to an aromatic ring is 1. The number of aromatic nitrogens is 3. The van der Waals surface area contributed by atoms with E-state index in [1.807, 2.05) is 0 Å². The lowest BCUT2D eigenvalue weighted by Crippen LogP contribution is -2.39. The molecule has 3 aromatic rings. The van der Waals surface area contributed by atoms with Gasteiger partial charge in [-0.25, -0.2) is 9.97 Å². The van der Waals surface area contributed by atoms with E-state index < -0.39 is 35.0 Å². The number of halogens is 6. The number of aliphatic hydroxyl groups is 1. The lowest BCUT2D eigenvalue weighted by molar-refractivity contribution is -0.258. The third kappa shape index (κ3) is 3.18. The van der Waals surface area contributed by atoms with Gasteiger partial charge in [0.2, 0.25) is 0 Å². The number of hydrogen-bond acceptors (Lipinski definition) is 4. The van der Waals surface area contributed by atoms with Gasteiger partial charge >= 0.3 is 12.4 Å². The van der Waals surface area contributed by atoms with Crippen molar-refractivity contribution in [2.24, 2.45) is 0 Å². The number of imidazole rings is 1. The van der Waals surface area contributed by atoms with Crippen LogP contribution in [0.5, 0.6) is 0 Å². The average molecular weight is 390 g/mol. The molecule has 0 saturated carbocycles. The molecule has 2 heterocycles. The molecule has 1 unspecified atom stereocenters. The van der Waals surface area contributed by atoms with Crippen LogP contribution in [0, 0.1) is 0 Å². The molecule has 0 aliphatic rings. The summed E-state index contributed by atoms with van der Waals surface area (Å²) >= 11 is 0. The molecule has 0 saturated heterocycles. The molecule has 3 rings (SSSR count). The standard InChI is InChI=1S/C16H12F6N4O/c1-14(27,16(20,21)22)9-4-2-3-8(5-9)10-6-24-13-12(23)25-11(7-26(10)13)15(17,18)19/h2-7,27H,1H3,(H2,23,25). The van der Waals surface area contributed by atoms with E-state index in [-0.39, 0.29) is 16.9 Å². The molecule has 0 fully saturated rings. The van der Waals surface area contributed by atoms with Crippen LogP contribution in [0.2, 0.25) is 0 Å². The Hall–Kier alpha value is -2.82. The van der Waals surface area contributed by atoms with E-state index in [1.54, 1.807) is 0 Å². The fourth-order valence-corrected chi connectivity index (χ4v) is 2.51. The normalized spacial score (nSPS) is 15.1. The quantitative estimate of drug-likeness (QED) is 0.654. The molecule has 27 heavy (non-hydrogen) atoms. The van der Waals surface area contributed by atoms with Gasteiger partial charge in [-0.1, -0.05) is 18.2 Å². The number of alkyl halides is 6. The third-order valence-electron chi connectivity index (χ3n) is 4.08. The zero-order valence-corrected chi connectivity index (χ0v) is 13.6. The van der Waals surface area contributed by atoms with Crippen LogP contribution in [0.25, 0.3) is 16.9 Å². The molecule has 1 aromatic carbocycles. The minimum Gasteiger partial charge on any atom is -0.381 e. The van der Waals surface area contributed by atoms with Crippen molar-refractivity contribution >= 4 is 11.5 Å². The van der Waals surface area contributed by atoms with E-state index >= 15 is 0 Å². The van der Waals surface area contributed by atoms with Gasteiger partial charge in [0.05, 0.1) is 11.9 Å². The van der Waals surface area contributed by atoms with Crippen LogP contribution in [0.1, 0.15) is 18.2 Å². The Morgan fingerprint density at radius 2 is 1.78 bits per heavy atom. The molecule has 5 nitrogen and oxygen atoms in total. The van der Waals surface area contributed by atoms with Crippen molar-refractivity contribution in [3.8, 4) is 11.3 Å². The van der Waals surface area contributed by atoms with Gasteiger partial charge in [-0.15, -0.1) is 0 Å². The summed E-state index contributed by atoms with van der Waals surface area (Å²) in [5, 5.41) is 9.83. The van der Waals surface area contributed by atoms with Crippen molar-refractivity contribution in [2.45, 2.75) is 24.9 Å². The highest BCUT2D eigenvalue weighted by atomic mass is 19.4. The second kappa shape index (κ2) is 5.84. The second-order valence-electron chi connectivity index (χ2n) is 6.00. The van der Waals surface area contributed by atoms with Crippen molar-refractivity contribution in [3.05, 3.63) is 47.9 Å². The summed E-state index contributed by atoms with van der Waals surface area (Å²) in [7, 11) is 0. The largest absolute Gasteiger partial charge is 0.434 e. The molecule has 0 spiro atoms. The Kier molecular flexibility index (Phi) is 4.10. The Balaban J connectivity index is 2.20. The Bertz CT molecular complexity index is 1010. The molecular formula is C16H12F6N4O. The minimum atomic E-state index is -4.94. The highest BCUT2D eigenvalue weighted by molar-refractivity contribution is 5.70. The molecule has 0 bridgehead atoms. The highest BCUT2D eigenvalue weighted by Gasteiger charge is 2.51. The van der Waals surface area contributed by atoms with Crippen molar-refractivity contribution in [1.82, 2.24) is 14.4 Å². The SMILES string of the molecule is CC(O)(c1cccc(-c2cnc3c(N)nc(C(F)(F)F)cn23)c1)C(F)(F)F. The summed E-state index contributed by atoms with van der Waals surface area (Å²) in [4.78, 5) is 7.13. The fourth-order valence-electron chi connectivity index (χ4n) is 2.51. The predicted octanol–water partition coefficient (Wildman–Crippen LogP) is 3.77. The maximum Gasteiger partial charge on any atom is 0.434 e. The first-order chi connectivity index (χ1) is 12.3. The molecule has 2 aromatic heterocycles. The molecular weight excluding hydrogens is 378 g/mol.